The second-order valence-corrected chi connectivity index (χ2v) is 10.8. The molecular weight excluding hydrogens is 496 g/mol. The van der Waals surface area contributed by atoms with E-state index in [1.165, 1.54) is 37.7 Å². The molecule has 7 heteroatoms. The minimum atomic E-state index is -1.00. The van der Waals surface area contributed by atoms with Gasteiger partial charge in [0, 0.05) is 18.0 Å². The normalized spacial score (nSPS) is 14.1. The van der Waals surface area contributed by atoms with Crippen molar-refractivity contribution in [2.24, 2.45) is 0 Å². The van der Waals surface area contributed by atoms with Crippen molar-refractivity contribution in [2.45, 2.75) is 90.6 Å². The monoisotopic (exact) mass is 540 g/mol. The molecule has 0 aromatic heterocycles. The zero-order valence-electron chi connectivity index (χ0n) is 23.3. The summed E-state index contributed by atoms with van der Waals surface area (Å²) >= 11 is 1.57. The molecule has 1 atom stereocenters. The molecule has 1 unspecified atom stereocenters. The van der Waals surface area contributed by atoms with Gasteiger partial charge in [0.05, 0.1) is 0 Å². The first kappa shape index (κ1) is 31.4. The van der Waals surface area contributed by atoms with Crippen LogP contribution in [0.1, 0.15) is 86.7 Å². The zero-order chi connectivity index (χ0) is 27.9. The van der Waals surface area contributed by atoms with Crippen LogP contribution in [0.4, 0.5) is 0 Å². The Labute approximate surface area is 232 Å². The van der Waals surface area contributed by atoms with Crippen molar-refractivity contribution in [1.29, 1.82) is 0 Å². The van der Waals surface area contributed by atoms with Crippen molar-refractivity contribution in [3.05, 3.63) is 59.2 Å². The van der Waals surface area contributed by atoms with Crippen LogP contribution in [0.5, 0.6) is 0 Å². The first-order chi connectivity index (χ1) is 18.3. The molecule has 0 spiro atoms. The van der Waals surface area contributed by atoms with E-state index in [9.17, 15) is 19.5 Å². The van der Waals surface area contributed by atoms with Gasteiger partial charge in [-0.15, -0.1) is 0 Å². The van der Waals surface area contributed by atoms with Crippen LogP contribution in [0.15, 0.2) is 42.5 Å². The highest BCUT2D eigenvalue weighted by atomic mass is 32.2. The van der Waals surface area contributed by atoms with Crippen molar-refractivity contribution in [3.8, 4) is 11.1 Å². The Morgan fingerprint density at radius 2 is 1.74 bits per heavy atom. The fourth-order valence-corrected chi connectivity index (χ4v) is 5.11. The van der Waals surface area contributed by atoms with Crippen molar-refractivity contribution in [1.82, 2.24) is 10.6 Å². The van der Waals surface area contributed by atoms with Crippen molar-refractivity contribution in [2.75, 3.05) is 12.0 Å². The van der Waals surface area contributed by atoms with E-state index in [-0.39, 0.29) is 11.8 Å². The van der Waals surface area contributed by atoms with E-state index in [4.69, 9.17) is 0 Å². The van der Waals surface area contributed by atoms with E-state index < -0.39 is 12.0 Å². The number of hydrogen-bond acceptors (Lipinski definition) is 4. The van der Waals surface area contributed by atoms with Crippen molar-refractivity contribution >= 4 is 29.5 Å². The summed E-state index contributed by atoms with van der Waals surface area (Å²) in [6.07, 6.45) is 11.2. The number of rotatable bonds is 11. The standard InChI is InChI=1S/C22H27NO3S.C9H17NO/c1-4-7-16-10-11-18(19(14-16)17-9-6-5-8-15(17)2)21(24)23-20(22(25)26)12-13-27-3;1-2-9(11)10-8-6-4-3-5-7-8/h5-6,8-11,14,20H,4,7,12-13H2,1-3H3,(H,23,24)(H,25,26);8H,2-7H2,1H3,(H,10,11). The molecule has 3 rings (SSSR count). The summed E-state index contributed by atoms with van der Waals surface area (Å²) < 4.78 is 0. The van der Waals surface area contributed by atoms with Gasteiger partial charge >= 0.3 is 5.97 Å². The Bertz CT molecular complexity index is 1050. The molecule has 2 aromatic carbocycles. The van der Waals surface area contributed by atoms with E-state index in [1.807, 2.05) is 56.5 Å². The molecule has 0 radical (unpaired) electrons. The third kappa shape index (κ3) is 10.2. The Balaban J connectivity index is 0.000000384. The number of aliphatic carboxylic acids is 1. The topological polar surface area (TPSA) is 95.5 Å². The summed E-state index contributed by atoms with van der Waals surface area (Å²) in [6.45, 7) is 6.04. The van der Waals surface area contributed by atoms with Gasteiger partial charge < -0.3 is 15.7 Å². The Kier molecular flexibility index (Phi) is 14.0. The average Bonchev–Trinajstić information content (AvgIpc) is 2.92. The van der Waals surface area contributed by atoms with Crippen LogP contribution in [0, 0.1) is 6.92 Å². The Morgan fingerprint density at radius 3 is 2.34 bits per heavy atom. The number of aryl methyl sites for hydroxylation is 2. The van der Waals surface area contributed by atoms with Gasteiger partial charge in [0.15, 0.2) is 0 Å². The number of nitrogens with one attached hydrogen (secondary N) is 2. The summed E-state index contributed by atoms with van der Waals surface area (Å²) in [6, 6.07) is 13.4. The largest absolute Gasteiger partial charge is 0.480 e. The molecule has 0 saturated heterocycles. The number of thioether (sulfide) groups is 1. The SMILES string of the molecule is CCC(=O)NC1CCCCC1.CCCc1ccc(C(=O)NC(CCSC)C(=O)O)c(-c2ccccc2C)c1. The van der Waals surface area contributed by atoms with E-state index in [2.05, 4.69) is 23.6 Å². The van der Waals surface area contributed by atoms with Crippen LogP contribution in [-0.2, 0) is 16.0 Å². The molecule has 6 nitrogen and oxygen atoms in total. The van der Waals surface area contributed by atoms with E-state index in [0.29, 0.717) is 30.2 Å². The second kappa shape index (κ2) is 16.9. The highest BCUT2D eigenvalue weighted by Crippen LogP contribution is 2.29. The molecule has 1 fully saturated rings. The van der Waals surface area contributed by atoms with Gasteiger partial charge in [-0.05, 0) is 72.9 Å². The highest BCUT2D eigenvalue weighted by molar-refractivity contribution is 7.98. The van der Waals surface area contributed by atoms with Crippen LogP contribution >= 0.6 is 11.8 Å². The maximum Gasteiger partial charge on any atom is 0.326 e. The summed E-state index contributed by atoms with van der Waals surface area (Å²) in [5, 5.41) is 15.1. The van der Waals surface area contributed by atoms with Gasteiger partial charge in [0.1, 0.15) is 6.04 Å². The number of amides is 2. The van der Waals surface area contributed by atoms with Crippen LogP contribution in [0.2, 0.25) is 0 Å². The van der Waals surface area contributed by atoms with Gasteiger partial charge in [-0.2, -0.15) is 11.8 Å². The minimum Gasteiger partial charge on any atom is -0.480 e. The lowest BCUT2D eigenvalue weighted by atomic mass is 9.92. The molecule has 0 heterocycles. The average molecular weight is 541 g/mol. The summed E-state index contributed by atoms with van der Waals surface area (Å²) in [5.74, 6) is -0.462. The quantitative estimate of drug-likeness (QED) is 0.307. The van der Waals surface area contributed by atoms with Crippen LogP contribution in [-0.4, -0.2) is 47.0 Å². The van der Waals surface area contributed by atoms with Gasteiger partial charge in [0.25, 0.3) is 5.91 Å². The first-order valence-electron chi connectivity index (χ1n) is 13.8. The molecule has 3 N–H and O–H groups in total. The van der Waals surface area contributed by atoms with Gasteiger partial charge in [-0.25, -0.2) is 4.79 Å². The van der Waals surface area contributed by atoms with Crippen LogP contribution < -0.4 is 10.6 Å². The third-order valence-electron chi connectivity index (χ3n) is 6.81. The third-order valence-corrected chi connectivity index (χ3v) is 7.45. The van der Waals surface area contributed by atoms with Gasteiger partial charge in [-0.3, -0.25) is 9.59 Å². The minimum absolute atomic E-state index is 0.205. The number of benzene rings is 2. The van der Waals surface area contributed by atoms with Gasteiger partial charge in [0.2, 0.25) is 5.91 Å². The predicted octanol–water partition coefficient (Wildman–Crippen LogP) is 6.40. The van der Waals surface area contributed by atoms with Crippen LogP contribution in [0.25, 0.3) is 11.1 Å². The van der Waals surface area contributed by atoms with E-state index in [1.54, 1.807) is 11.8 Å². The molecule has 1 aliphatic rings. The van der Waals surface area contributed by atoms with Crippen molar-refractivity contribution in [3.63, 3.8) is 0 Å². The lowest BCUT2D eigenvalue weighted by molar-refractivity contribution is -0.139. The second-order valence-electron chi connectivity index (χ2n) is 9.85. The smallest absolute Gasteiger partial charge is 0.326 e. The lowest BCUT2D eigenvalue weighted by Gasteiger charge is -2.22. The predicted molar refractivity (Wildman–Crippen MR) is 158 cm³/mol. The van der Waals surface area contributed by atoms with Crippen LogP contribution in [0.3, 0.4) is 0 Å². The molecular formula is C31H44N2O4S. The molecule has 2 amide bonds. The maximum atomic E-state index is 12.9. The highest BCUT2D eigenvalue weighted by Gasteiger charge is 2.22. The first-order valence-corrected chi connectivity index (χ1v) is 15.2. The molecule has 1 aliphatic carbocycles. The molecule has 0 aliphatic heterocycles. The number of carbonyl (C=O) groups is 3. The molecule has 2 aromatic rings. The fraction of sp³-hybridized carbons (Fsp3) is 0.516. The molecule has 0 bridgehead atoms. The number of carbonyl (C=O) groups excluding carboxylic acids is 2. The Morgan fingerprint density at radius 1 is 1.03 bits per heavy atom. The fourth-order valence-electron chi connectivity index (χ4n) is 4.64. The van der Waals surface area contributed by atoms with Crippen molar-refractivity contribution < 1.29 is 19.5 Å². The molecule has 208 valence electrons. The molecule has 38 heavy (non-hydrogen) atoms. The summed E-state index contributed by atoms with van der Waals surface area (Å²) in [4.78, 5) is 35.4. The number of carboxylic acid groups (broad SMARTS) is 1. The maximum absolute atomic E-state index is 12.9. The summed E-state index contributed by atoms with van der Waals surface area (Å²) in [7, 11) is 0. The molecule has 1 saturated carbocycles. The van der Waals surface area contributed by atoms with Gasteiger partial charge in [-0.1, -0.05) is 75.9 Å². The Hall–Kier alpha value is -2.80. The number of carboxylic acids is 1. The lowest BCUT2D eigenvalue weighted by Crippen LogP contribution is -2.41. The summed E-state index contributed by atoms with van der Waals surface area (Å²) in [5.41, 5.74) is 4.61. The number of hydrogen-bond donors (Lipinski definition) is 3. The van der Waals surface area contributed by atoms with E-state index >= 15 is 0 Å². The zero-order valence-corrected chi connectivity index (χ0v) is 24.2. The van der Waals surface area contributed by atoms with E-state index in [0.717, 1.165) is 29.5 Å².